The fraction of sp³-hybridized carbons (Fsp3) is 0.476. The molecule has 0 bridgehead atoms. The molecule has 2 heterocycles. The van der Waals surface area contributed by atoms with Crippen LogP contribution in [0.25, 0.3) is 0 Å². The average molecular weight is 353 g/mol. The number of benzene rings is 1. The molecule has 1 atom stereocenters. The van der Waals surface area contributed by atoms with Gasteiger partial charge in [-0.05, 0) is 25.7 Å². The van der Waals surface area contributed by atoms with E-state index in [9.17, 15) is 9.59 Å². The van der Waals surface area contributed by atoms with Gasteiger partial charge in [0.05, 0.1) is 0 Å². The molecule has 1 aliphatic rings. The van der Waals surface area contributed by atoms with Gasteiger partial charge in [0.1, 0.15) is 5.82 Å². The minimum atomic E-state index is 0.0421. The number of Topliss-reactive ketones (excluding diaryl/α,β-unsaturated/α-hetero) is 1. The van der Waals surface area contributed by atoms with Crippen molar-refractivity contribution in [2.24, 2.45) is 7.05 Å². The molecule has 0 unspecified atom stereocenters. The maximum atomic E-state index is 12.7. The Labute approximate surface area is 155 Å². The number of aryl methyl sites for hydroxylation is 2. The molecule has 0 aliphatic carbocycles. The van der Waals surface area contributed by atoms with Gasteiger partial charge in [-0.3, -0.25) is 9.59 Å². The van der Waals surface area contributed by atoms with Crippen LogP contribution in [0.15, 0.2) is 42.7 Å². The van der Waals surface area contributed by atoms with Crippen LogP contribution < -0.4 is 0 Å². The maximum Gasteiger partial charge on any atom is 0.223 e. The lowest BCUT2D eigenvalue weighted by Gasteiger charge is -2.36. The Balaban J connectivity index is 1.54. The first-order chi connectivity index (χ1) is 12.6. The number of rotatable bonds is 7. The predicted octanol–water partition coefficient (Wildman–Crippen LogP) is 3.40. The lowest BCUT2D eigenvalue weighted by molar-refractivity contribution is -0.135. The molecule has 0 N–H and O–H groups in total. The van der Waals surface area contributed by atoms with Crippen molar-refractivity contribution in [2.45, 2.75) is 51.0 Å². The lowest BCUT2D eigenvalue weighted by Crippen LogP contribution is -2.44. The third-order valence-electron chi connectivity index (χ3n) is 5.23. The molecule has 1 fully saturated rings. The molecule has 26 heavy (non-hydrogen) atoms. The van der Waals surface area contributed by atoms with Crippen LogP contribution in [0.1, 0.15) is 54.7 Å². The van der Waals surface area contributed by atoms with E-state index in [-0.39, 0.29) is 24.2 Å². The Bertz CT molecular complexity index is 739. The standard InChI is InChI=1S/C21H27N3O2/c1-23-16-14-22-20(23)12-10-18-9-5-6-15-24(18)21(26)13-11-19(25)17-7-3-2-4-8-17/h2-4,7-8,14,16,18H,5-6,9-13,15H2,1H3/t18-/m1/s1. The Morgan fingerprint density at radius 2 is 1.96 bits per heavy atom. The van der Waals surface area contributed by atoms with Crippen molar-refractivity contribution in [1.82, 2.24) is 14.5 Å². The number of ketones is 1. The van der Waals surface area contributed by atoms with Gasteiger partial charge in [0.2, 0.25) is 5.91 Å². The molecule has 1 aliphatic heterocycles. The second-order valence-corrected chi connectivity index (χ2v) is 7.02. The van der Waals surface area contributed by atoms with Crippen LogP contribution in [0.2, 0.25) is 0 Å². The van der Waals surface area contributed by atoms with Crippen LogP contribution in [0.5, 0.6) is 0 Å². The number of carbonyl (C=O) groups excluding carboxylic acids is 2. The second kappa shape index (κ2) is 8.79. The second-order valence-electron chi connectivity index (χ2n) is 7.02. The van der Waals surface area contributed by atoms with E-state index in [1.165, 1.54) is 0 Å². The normalized spacial score (nSPS) is 17.3. The molecule has 5 heteroatoms. The molecule has 0 spiro atoms. The number of likely N-dealkylation sites (tertiary alicyclic amines) is 1. The summed E-state index contributed by atoms with van der Waals surface area (Å²) in [5, 5.41) is 0. The van der Waals surface area contributed by atoms with Crippen LogP contribution in [-0.2, 0) is 18.3 Å². The summed E-state index contributed by atoms with van der Waals surface area (Å²) >= 11 is 0. The number of carbonyl (C=O) groups is 2. The number of amides is 1. The fourth-order valence-corrected chi connectivity index (χ4v) is 3.69. The van der Waals surface area contributed by atoms with Crippen LogP contribution >= 0.6 is 0 Å². The first-order valence-corrected chi connectivity index (χ1v) is 9.49. The lowest BCUT2D eigenvalue weighted by atomic mass is 9.96. The van der Waals surface area contributed by atoms with Crippen molar-refractivity contribution in [3.63, 3.8) is 0 Å². The minimum Gasteiger partial charge on any atom is -0.340 e. The van der Waals surface area contributed by atoms with Gasteiger partial charge in [0.15, 0.2) is 5.78 Å². The Morgan fingerprint density at radius 1 is 1.15 bits per heavy atom. The number of hydrogen-bond donors (Lipinski definition) is 0. The summed E-state index contributed by atoms with van der Waals surface area (Å²) < 4.78 is 2.04. The number of imidazole rings is 1. The zero-order chi connectivity index (χ0) is 18.4. The van der Waals surface area contributed by atoms with Gasteiger partial charge in [-0.15, -0.1) is 0 Å². The van der Waals surface area contributed by atoms with E-state index >= 15 is 0 Å². The van der Waals surface area contributed by atoms with Crippen molar-refractivity contribution in [1.29, 1.82) is 0 Å². The third-order valence-corrected chi connectivity index (χ3v) is 5.23. The first kappa shape index (κ1) is 18.4. The van der Waals surface area contributed by atoms with Crippen LogP contribution in [0, 0.1) is 0 Å². The van der Waals surface area contributed by atoms with E-state index in [1.807, 2.05) is 59.2 Å². The van der Waals surface area contributed by atoms with Crippen LogP contribution in [0.4, 0.5) is 0 Å². The molecule has 5 nitrogen and oxygen atoms in total. The van der Waals surface area contributed by atoms with Gasteiger partial charge in [-0.1, -0.05) is 30.3 Å². The third kappa shape index (κ3) is 4.59. The summed E-state index contributed by atoms with van der Waals surface area (Å²) in [5.41, 5.74) is 0.685. The number of hydrogen-bond acceptors (Lipinski definition) is 3. The fourth-order valence-electron chi connectivity index (χ4n) is 3.69. The van der Waals surface area contributed by atoms with Crippen molar-refractivity contribution in [3.8, 4) is 0 Å². The minimum absolute atomic E-state index is 0.0421. The number of aromatic nitrogens is 2. The van der Waals surface area contributed by atoms with Crippen molar-refractivity contribution >= 4 is 11.7 Å². The summed E-state index contributed by atoms with van der Waals surface area (Å²) in [6.45, 7) is 0.809. The molecule has 1 amide bonds. The van der Waals surface area contributed by atoms with E-state index in [4.69, 9.17) is 0 Å². The summed E-state index contributed by atoms with van der Waals surface area (Å²) in [7, 11) is 2.00. The monoisotopic (exact) mass is 353 g/mol. The molecule has 0 radical (unpaired) electrons. The van der Waals surface area contributed by atoms with Gasteiger partial charge in [0.25, 0.3) is 0 Å². The summed E-state index contributed by atoms with van der Waals surface area (Å²) in [5.74, 6) is 1.21. The van der Waals surface area contributed by atoms with E-state index in [0.717, 1.165) is 44.5 Å². The average Bonchev–Trinajstić information content (AvgIpc) is 3.10. The molecule has 138 valence electrons. The van der Waals surface area contributed by atoms with Gasteiger partial charge >= 0.3 is 0 Å². The number of piperidine rings is 1. The van der Waals surface area contributed by atoms with Crippen LogP contribution in [0.3, 0.4) is 0 Å². The topological polar surface area (TPSA) is 55.2 Å². The number of nitrogens with zero attached hydrogens (tertiary/aromatic N) is 3. The molecule has 0 saturated carbocycles. The molecule has 2 aromatic rings. The van der Waals surface area contributed by atoms with Crippen molar-refractivity contribution < 1.29 is 9.59 Å². The first-order valence-electron chi connectivity index (χ1n) is 9.49. The highest BCUT2D eigenvalue weighted by Crippen LogP contribution is 2.22. The SMILES string of the molecule is Cn1ccnc1CC[C@H]1CCCCN1C(=O)CCC(=O)c1ccccc1. The van der Waals surface area contributed by atoms with Crippen molar-refractivity contribution in [2.75, 3.05) is 6.54 Å². The molecular weight excluding hydrogens is 326 g/mol. The Hall–Kier alpha value is -2.43. The smallest absolute Gasteiger partial charge is 0.223 e. The van der Waals surface area contributed by atoms with E-state index in [1.54, 1.807) is 0 Å². The zero-order valence-electron chi connectivity index (χ0n) is 15.4. The Kier molecular flexibility index (Phi) is 6.21. The highest BCUT2D eigenvalue weighted by atomic mass is 16.2. The van der Waals surface area contributed by atoms with Gasteiger partial charge in [0, 0.05) is 56.9 Å². The van der Waals surface area contributed by atoms with Gasteiger partial charge in [-0.2, -0.15) is 0 Å². The summed E-state index contributed by atoms with van der Waals surface area (Å²) in [6.07, 6.45) is 9.42. The van der Waals surface area contributed by atoms with E-state index in [0.29, 0.717) is 12.0 Å². The van der Waals surface area contributed by atoms with E-state index < -0.39 is 0 Å². The summed E-state index contributed by atoms with van der Waals surface area (Å²) in [6, 6.07) is 9.48. The molecule has 1 saturated heterocycles. The molecule has 3 rings (SSSR count). The quantitative estimate of drug-likeness (QED) is 0.717. The predicted molar refractivity (Wildman–Crippen MR) is 101 cm³/mol. The highest BCUT2D eigenvalue weighted by Gasteiger charge is 2.26. The maximum absolute atomic E-state index is 12.7. The van der Waals surface area contributed by atoms with Gasteiger partial charge < -0.3 is 9.47 Å². The molecular formula is C21H27N3O2. The largest absolute Gasteiger partial charge is 0.340 e. The highest BCUT2D eigenvalue weighted by molar-refractivity contribution is 5.97. The summed E-state index contributed by atoms with van der Waals surface area (Å²) in [4.78, 5) is 31.4. The molecule has 1 aromatic carbocycles. The zero-order valence-corrected chi connectivity index (χ0v) is 15.4. The van der Waals surface area contributed by atoms with Gasteiger partial charge in [-0.25, -0.2) is 4.98 Å². The van der Waals surface area contributed by atoms with Crippen LogP contribution in [-0.4, -0.2) is 38.7 Å². The van der Waals surface area contributed by atoms with E-state index in [2.05, 4.69) is 4.98 Å². The Morgan fingerprint density at radius 3 is 2.69 bits per heavy atom. The van der Waals surface area contributed by atoms with Crippen molar-refractivity contribution in [3.05, 3.63) is 54.1 Å². The molecule has 1 aromatic heterocycles.